The fourth-order valence-electron chi connectivity index (χ4n) is 2.30. The molecule has 2 rings (SSSR count). The number of hydrogen-bond donors (Lipinski definition) is 1. The molecule has 3 nitrogen and oxygen atoms in total. The number of aliphatic hydroxyl groups is 1. The Bertz CT molecular complexity index is 578. The highest BCUT2D eigenvalue weighted by Gasteiger charge is 1.99. The van der Waals surface area contributed by atoms with Crippen LogP contribution in [-0.2, 0) is 17.6 Å². The monoisotopic (exact) mass is 311 g/mol. The first-order valence-corrected chi connectivity index (χ1v) is 8.20. The van der Waals surface area contributed by atoms with Crippen LogP contribution in [0.25, 0.3) is 6.08 Å². The summed E-state index contributed by atoms with van der Waals surface area (Å²) in [6.07, 6.45) is 9.69. The average molecular weight is 311 g/mol. The van der Waals surface area contributed by atoms with Gasteiger partial charge in [-0.25, -0.2) is 0 Å². The molecule has 0 saturated carbocycles. The van der Waals surface area contributed by atoms with Crippen molar-refractivity contribution in [1.82, 2.24) is 4.98 Å². The highest BCUT2D eigenvalue weighted by molar-refractivity contribution is 5.50. The lowest BCUT2D eigenvalue weighted by Crippen LogP contribution is -2.06. The molecule has 0 aliphatic heterocycles. The molecule has 1 atom stereocenters. The lowest BCUT2D eigenvalue weighted by molar-refractivity contribution is 0.107. The van der Waals surface area contributed by atoms with Crippen molar-refractivity contribution in [2.24, 2.45) is 0 Å². The average Bonchev–Trinajstić information content (AvgIpc) is 2.60. The van der Waals surface area contributed by atoms with E-state index in [9.17, 15) is 5.11 Å². The molecule has 23 heavy (non-hydrogen) atoms. The molecule has 1 unspecified atom stereocenters. The minimum Gasteiger partial charge on any atom is -0.389 e. The normalized spacial score (nSPS) is 12.6. The fraction of sp³-hybridized carbons (Fsp3) is 0.350. The third-order valence-electron chi connectivity index (χ3n) is 3.68. The summed E-state index contributed by atoms with van der Waals surface area (Å²) < 4.78 is 5.24. The maximum Gasteiger partial charge on any atom is 0.0746 e. The third-order valence-corrected chi connectivity index (χ3v) is 3.68. The molecule has 0 fully saturated rings. The van der Waals surface area contributed by atoms with Gasteiger partial charge in [-0.15, -0.1) is 0 Å². The molecule has 122 valence electrons. The second kappa shape index (κ2) is 9.93. The number of ether oxygens (including phenoxy) is 1. The first-order valence-electron chi connectivity index (χ1n) is 8.20. The molecule has 0 aliphatic carbocycles. The fourth-order valence-corrected chi connectivity index (χ4v) is 2.30. The van der Waals surface area contributed by atoms with Gasteiger partial charge in [0.2, 0.25) is 0 Å². The molecule has 0 spiro atoms. The van der Waals surface area contributed by atoms with E-state index >= 15 is 0 Å². The molecule has 1 aromatic heterocycles. The van der Waals surface area contributed by atoms with Crippen molar-refractivity contribution in [1.29, 1.82) is 0 Å². The molecule has 3 heteroatoms. The summed E-state index contributed by atoms with van der Waals surface area (Å²) in [7, 11) is 0. The highest BCUT2D eigenvalue weighted by Crippen LogP contribution is 2.10. The Hall–Kier alpha value is -1.97. The number of aliphatic hydroxyl groups excluding tert-OH is 1. The van der Waals surface area contributed by atoms with Gasteiger partial charge in [0.05, 0.1) is 6.10 Å². The lowest BCUT2D eigenvalue weighted by atomic mass is 10.0. The van der Waals surface area contributed by atoms with Gasteiger partial charge in [-0.2, -0.15) is 0 Å². The van der Waals surface area contributed by atoms with Crippen molar-refractivity contribution in [3.63, 3.8) is 0 Å². The Morgan fingerprint density at radius 2 is 1.91 bits per heavy atom. The van der Waals surface area contributed by atoms with Crippen LogP contribution < -0.4 is 0 Å². The zero-order valence-corrected chi connectivity index (χ0v) is 13.7. The van der Waals surface area contributed by atoms with Crippen molar-refractivity contribution >= 4 is 6.08 Å². The standard InChI is InChI=1S/C20H25NO2/c1-2-23-15-13-20(22)12-11-18-7-5-17(6-8-18)9-10-19-4-3-14-21-16-19/h3-8,11-12,14,16,20,22H,2,9-10,13,15H2,1H3. The summed E-state index contributed by atoms with van der Waals surface area (Å²) in [5.74, 6) is 0. The summed E-state index contributed by atoms with van der Waals surface area (Å²) in [5, 5.41) is 9.83. The van der Waals surface area contributed by atoms with Gasteiger partial charge in [-0.1, -0.05) is 42.5 Å². The molecule has 1 heterocycles. The Balaban J connectivity index is 1.79. The van der Waals surface area contributed by atoms with Gasteiger partial charge in [0.25, 0.3) is 0 Å². The van der Waals surface area contributed by atoms with E-state index in [0.29, 0.717) is 19.6 Å². The van der Waals surface area contributed by atoms with Crippen LogP contribution in [0.5, 0.6) is 0 Å². The van der Waals surface area contributed by atoms with Crippen molar-refractivity contribution < 1.29 is 9.84 Å². The number of aryl methyl sites for hydroxylation is 2. The summed E-state index contributed by atoms with van der Waals surface area (Å²) in [6, 6.07) is 12.5. The van der Waals surface area contributed by atoms with Gasteiger partial charge in [0, 0.05) is 32.0 Å². The van der Waals surface area contributed by atoms with Crippen LogP contribution in [0.15, 0.2) is 54.9 Å². The molecule has 1 aromatic carbocycles. The van der Waals surface area contributed by atoms with E-state index in [2.05, 4.69) is 35.3 Å². The summed E-state index contributed by atoms with van der Waals surface area (Å²) in [4.78, 5) is 4.14. The topological polar surface area (TPSA) is 42.4 Å². The molecule has 2 aromatic rings. The first kappa shape index (κ1) is 17.4. The second-order valence-corrected chi connectivity index (χ2v) is 5.51. The van der Waals surface area contributed by atoms with Crippen LogP contribution in [-0.4, -0.2) is 29.4 Å². The lowest BCUT2D eigenvalue weighted by Gasteiger charge is -2.05. The number of pyridine rings is 1. The van der Waals surface area contributed by atoms with Crippen LogP contribution in [0.2, 0.25) is 0 Å². The number of rotatable bonds is 9. The van der Waals surface area contributed by atoms with Gasteiger partial charge in [-0.05, 0) is 42.5 Å². The number of benzene rings is 1. The zero-order chi connectivity index (χ0) is 16.3. The minimum absolute atomic E-state index is 0.452. The molecule has 0 aliphatic rings. The van der Waals surface area contributed by atoms with Crippen LogP contribution in [0, 0.1) is 0 Å². The molecular weight excluding hydrogens is 286 g/mol. The van der Waals surface area contributed by atoms with E-state index in [1.807, 2.05) is 31.3 Å². The van der Waals surface area contributed by atoms with Crippen LogP contribution in [0.4, 0.5) is 0 Å². The summed E-state index contributed by atoms with van der Waals surface area (Å²) in [5.41, 5.74) is 3.67. The van der Waals surface area contributed by atoms with Gasteiger partial charge >= 0.3 is 0 Å². The largest absolute Gasteiger partial charge is 0.389 e. The number of nitrogens with zero attached hydrogens (tertiary/aromatic N) is 1. The predicted octanol–water partition coefficient (Wildman–Crippen LogP) is 3.67. The maximum absolute atomic E-state index is 9.83. The number of aromatic nitrogens is 1. The van der Waals surface area contributed by atoms with E-state index in [-0.39, 0.29) is 0 Å². The molecule has 1 N–H and O–H groups in total. The smallest absolute Gasteiger partial charge is 0.0746 e. The van der Waals surface area contributed by atoms with Gasteiger partial charge in [0.15, 0.2) is 0 Å². The van der Waals surface area contributed by atoms with Crippen LogP contribution in [0.3, 0.4) is 0 Å². The molecular formula is C20H25NO2. The van der Waals surface area contributed by atoms with Crippen molar-refractivity contribution in [2.45, 2.75) is 32.3 Å². The predicted molar refractivity (Wildman–Crippen MR) is 94.2 cm³/mol. The highest BCUT2D eigenvalue weighted by atomic mass is 16.5. The SMILES string of the molecule is CCOCCC(O)C=Cc1ccc(CCc2cccnc2)cc1. The molecule has 0 radical (unpaired) electrons. The minimum atomic E-state index is -0.452. The Morgan fingerprint density at radius 1 is 1.13 bits per heavy atom. The Kier molecular flexibility index (Phi) is 7.50. The molecule has 0 amide bonds. The second-order valence-electron chi connectivity index (χ2n) is 5.51. The van der Waals surface area contributed by atoms with Crippen LogP contribution >= 0.6 is 0 Å². The van der Waals surface area contributed by atoms with Gasteiger partial charge in [-0.3, -0.25) is 4.98 Å². The van der Waals surface area contributed by atoms with Crippen molar-refractivity contribution in [2.75, 3.05) is 13.2 Å². The Morgan fingerprint density at radius 3 is 2.61 bits per heavy atom. The molecule has 0 saturated heterocycles. The summed E-state index contributed by atoms with van der Waals surface area (Å²) >= 11 is 0. The van der Waals surface area contributed by atoms with E-state index in [1.54, 1.807) is 6.20 Å². The first-order chi connectivity index (χ1) is 11.3. The maximum atomic E-state index is 9.83. The Labute approximate surface area is 138 Å². The zero-order valence-electron chi connectivity index (χ0n) is 13.7. The molecule has 0 bridgehead atoms. The van der Waals surface area contributed by atoms with Crippen LogP contribution in [0.1, 0.15) is 30.0 Å². The van der Waals surface area contributed by atoms with E-state index in [4.69, 9.17) is 4.74 Å². The number of hydrogen-bond acceptors (Lipinski definition) is 3. The van der Waals surface area contributed by atoms with E-state index in [1.165, 1.54) is 11.1 Å². The quantitative estimate of drug-likeness (QED) is 0.719. The van der Waals surface area contributed by atoms with E-state index < -0.39 is 6.10 Å². The van der Waals surface area contributed by atoms with Crippen molar-refractivity contribution in [3.05, 3.63) is 71.6 Å². The van der Waals surface area contributed by atoms with Crippen molar-refractivity contribution in [3.8, 4) is 0 Å². The third kappa shape index (κ3) is 6.76. The van der Waals surface area contributed by atoms with E-state index in [0.717, 1.165) is 18.4 Å². The summed E-state index contributed by atoms with van der Waals surface area (Å²) in [6.45, 7) is 3.24. The van der Waals surface area contributed by atoms with Gasteiger partial charge in [0.1, 0.15) is 0 Å². The van der Waals surface area contributed by atoms with Gasteiger partial charge < -0.3 is 9.84 Å².